The lowest BCUT2D eigenvalue weighted by Gasteiger charge is -2.34. The summed E-state index contributed by atoms with van der Waals surface area (Å²) in [6.07, 6.45) is 0.0197. The monoisotopic (exact) mass is 371 g/mol. The molecule has 27 heavy (non-hydrogen) atoms. The third-order valence-electron chi connectivity index (χ3n) is 5.13. The summed E-state index contributed by atoms with van der Waals surface area (Å²) in [5.74, 6) is -0.711. The molecule has 0 aliphatic carbocycles. The van der Waals surface area contributed by atoms with Gasteiger partial charge in [-0.3, -0.25) is 4.79 Å². The Labute approximate surface area is 158 Å². The first-order chi connectivity index (χ1) is 12.6. The van der Waals surface area contributed by atoms with Crippen LogP contribution in [0.25, 0.3) is 11.3 Å². The van der Waals surface area contributed by atoms with Crippen molar-refractivity contribution < 1.29 is 24.2 Å². The van der Waals surface area contributed by atoms with Crippen LogP contribution >= 0.6 is 0 Å². The number of carboxylic acids is 1. The molecule has 2 N–H and O–H groups in total. The molecule has 1 fully saturated rings. The second-order valence-electron chi connectivity index (χ2n) is 8.12. The number of hydrogen-bond acceptors (Lipinski definition) is 4. The normalized spacial score (nSPS) is 17.0. The molecule has 0 spiro atoms. The van der Waals surface area contributed by atoms with Crippen LogP contribution in [-0.2, 0) is 10.2 Å². The summed E-state index contributed by atoms with van der Waals surface area (Å²) in [6.45, 7) is 6.80. The highest BCUT2D eigenvalue weighted by molar-refractivity contribution is 5.92. The Balaban J connectivity index is 1.71. The number of benzene rings is 1. The molecule has 0 atom stereocenters. The van der Waals surface area contributed by atoms with Crippen LogP contribution in [0.3, 0.4) is 0 Å². The van der Waals surface area contributed by atoms with Crippen LogP contribution in [0.15, 0.2) is 40.8 Å². The van der Waals surface area contributed by atoms with Crippen molar-refractivity contribution in [1.29, 1.82) is 0 Å². The molecular formula is C21H25NO5. The van der Waals surface area contributed by atoms with E-state index in [0.717, 1.165) is 5.56 Å². The Bertz CT molecular complexity index is 836. The van der Waals surface area contributed by atoms with Crippen LogP contribution in [0.5, 0.6) is 0 Å². The van der Waals surface area contributed by atoms with Gasteiger partial charge >= 0.3 is 5.97 Å². The number of carbonyl (C=O) groups is 2. The molecule has 1 aliphatic heterocycles. The average molecular weight is 371 g/mol. The largest absolute Gasteiger partial charge is 0.479 e. The van der Waals surface area contributed by atoms with Gasteiger partial charge in [0.25, 0.3) is 5.91 Å². The minimum Gasteiger partial charge on any atom is -0.479 e. The smallest absolute Gasteiger partial charge is 0.335 e. The van der Waals surface area contributed by atoms with Crippen LogP contribution in [0, 0.1) is 0 Å². The van der Waals surface area contributed by atoms with Gasteiger partial charge in [-0.1, -0.05) is 45.0 Å². The van der Waals surface area contributed by atoms with E-state index >= 15 is 0 Å². The van der Waals surface area contributed by atoms with E-state index < -0.39 is 11.6 Å². The fourth-order valence-corrected chi connectivity index (χ4v) is 3.19. The zero-order valence-corrected chi connectivity index (χ0v) is 15.9. The molecule has 0 radical (unpaired) electrons. The average Bonchev–Trinajstić information content (AvgIpc) is 3.11. The third-order valence-corrected chi connectivity index (χ3v) is 5.13. The summed E-state index contributed by atoms with van der Waals surface area (Å²) in [5, 5.41) is 19.1. The van der Waals surface area contributed by atoms with Crippen molar-refractivity contribution in [3.05, 3.63) is 47.7 Å². The molecule has 2 heterocycles. The molecule has 6 heteroatoms. The SMILES string of the molecule is CC(C)(C)c1ccc(-c2ccc(C(=O)N3CCC(O)(C(=O)O)CC3)o2)cc1. The number of furan rings is 1. The Kier molecular flexibility index (Phi) is 4.86. The highest BCUT2D eigenvalue weighted by atomic mass is 16.4. The van der Waals surface area contributed by atoms with E-state index in [4.69, 9.17) is 9.52 Å². The summed E-state index contributed by atoms with van der Waals surface area (Å²) in [4.78, 5) is 25.2. The van der Waals surface area contributed by atoms with Gasteiger partial charge in [0.15, 0.2) is 11.4 Å². The number of nitrogens with zero attached hydrogens (tertiary/aromatic N) is 1. The molecule has 0 bridgehead atoms. The number of aliphatic hydroxyl groups is 1. The minimum atomic E-state index is -1.75. The van der Waals surface area contributed by atoms with Crippen LogP contribution in [-0.4, -0.2) is 45.7 Å². The summed E-state index contributed by atoms with van der Waals surface area (Å²) in [5.41, 5.74) is 0.420. The van der Waals surface area contributed by atoms with Crippen molar-refractivity contribution in [3.63, 3.8) is 0 Å². The molecule has 1 saturated heterocycles. The Morgan fingerprint density at radius 3 is 2.15 bits per heavy atom. The molecule has 0 unspecified atom stereocenters. The number of carbonyl (C=O) groups excluding carboxylic acids is 1. The first-order valence-corrected chi connectivity index (χ1v) is 9.06. The molecule has 6 nitrogen and oxygen atoms in total. The number of piperidine rings is 1. The Hall–Kier alpha value is -2.60. The maximum absolute atomic E-state index is 12.6. The fraction of sp³-hybridized carbons (Fsp3) is 0.429. The zero-order valence-electron chi connectivity index (χ0n) is 15.9. The van der Waals surface area contributed by atoms with Gasteiger partial charge in [-0.2, -0.15) is 0 Å². The first-order valence-electron chi connectivity index (χ1n) is 9.06. The molecule has 144 valence electrons. The fourth-order valence-electron chi connectivity index (χ4n) is 3.19. The minimum absolute atomic E-state index is 0.00983. The Morgan fingerprint density at radius 2 is 1.63 bits per heavy atom. The van der Waals surface area contributed by atoms with Crippen molar-refractivity contribution in [3.8, 4) is 11.3 Å². The highest BCUT2D eigenvalue weighted by Crippen LogP contribution is 2.28. The maximum atomic E-state index is 12.6. The van der Waals surface area contributed by atoms with Crippen LogP contribution in [0.1, 0.15) is 49.7 Å². The summed E-state index contributed by atoms with van der Waals surface area (Å²) in [6, 6.07) is 11.4. The van der Waals surface area contributed by atoms with Gasteiger partial charge in [0.1, 0.15) is 5.76 Å². The lowest BCUT2D eigenvalue weighted by atomic mass is 9.86. The van der Waals surface area contributed by atoms with Gasteiger partial charge in [0.05, 0.1) is 0 Å². The summed E-state index contributed by atoms with van der Waals surface area (Å²) < 4.78 is 5.74. The van der Waals surface area contributed by atoms with Gasteiger partial charge < -0.3 is 19.5 Å². The predicted octanol–water partition coefficient (Wildman–Crippen LogP) is 3.30. The topological polar surface area (TPSA) is 91.0 Å². The molecular weight excluding hydrogens is 346 g/mol. The first kappa shape index (κ1) is 19.2. The molecule has 2 aromatic rings. The van der Waals surface area contributed by atoms with Crippen molar-refractivity contribution in [2.45, 2.75) is 44.6 Å². The van der Waals surface area contributed by atoms with E-state index in [0.29, 0.717) is 5.76 Å². The van der Waals surface area contributed by atoms with Gasteiger partial charge in [0, 0.05) is 31.5 Å². The Morgan fingerprint density at radius 1 is 1.04 bits per heavy atom. The van der Waals surface area contributed by atoms with E-state index in [9.17, 15) is 14.7 Å². The standard InChI is InChI=1S/C21H25NO5/c1-20(2,3)15-6-4-14(5-7-15)16-8-9-17(27-16)18(23)22-12-10-21(26,11-13-22)19(24)25/h4-9,26H,10-13H2,1-3H3,(H,24,25). The van der Waals surface area contributed by atoms with Crippen molar-refractivity contribution >= 4 is 11.9 Å². The van der Waals surface area contributed by atoms with Crippen LogP contribution in [0.4, 0.5) is 0 Å². The summed E-state index contributed by atoms with van der Waals surface area (Å²) in [7, 11) is 0. The summed E-state index contributed by atoms with van der Waals surface area (Å²) >= 11 is 0. The number of aliphatic carboxylic acids is 1. The molecule has 1 aliphatic rings. The molecule has 1 amide bonds. The van der Waals surface area contributed by atoms with Crippen molar-refractivity contribution in [2.24, 2.45) is 0 Å². The van der Waals surface area contributed by atoms with Crippen molar-refractivity contribution in [2.75, 3.05) is 13.1 Å². The van der Waals surface area contributed by atoms with E-state index in [1.807, 2.05) is 12.1 Å². The van der Waals surface area contributed by atoms with Gasteiger partial charge in [0.2, 0.25) is 0 Å². The van der Waals surface area contributed by atoms with Crippen LogP contribution in [0.2, 0.25) is 0 Å². The van der Waals surface area contributed by atoms with Gasteiger partial charge in [-0.15, -0.1) is 0 Å². The van der Waals surface area contributed by atoms with E-state index in [2.05, 4.69) is 32.9 Å². The van der Waals surface area contributed by atoms with Crippen molar-refractivity contribution in [1.82, 2.24) is 4.90 Å². The second kappa shape index (κ2) is 6.85. The third kappa shape index (κ3) is 3.90. The lowest BCUT2D eigenvalue weighted by Crippen LogP contribution is -2.50. The number of carboxylic acid groups (broad SMARTS) is 1. The van der Waals surface area contributed by atoms with E-state index in [1.165, 1.54) is 10.5 Å². The van der Waals surface area contributed by atoms with Crippen LogP contribution < -0.4 is 0 Å². The number of rotatable bonds is 3. The quantitative estimate of drug-likeness (QED) is 0.864. The number of hydrogen-bond donors (Lipinski definition) is 2. The number of likely N-dealkylation sites (tertiary alicyclic amines) is 1. The van der Waals surface area contributed by atoms with E-state index in [-0.39, 0.29) is 43.0 Å². The molecule has 1 aromatic heterocycles. The highest BCUT2D eigenvalue weighted by Gasteiger charge is 2.40. The molecule has 0 saturated carbocycles. The lowest BCUT2D eigenvalue weighted by molar-refractivity contribution is -0.162. The maximum Gasteiger partial charge on any atom is 0.335 e. The predicted molar refractivity (Wildman–Crippen MR) is 101 cm³/mol. The molecule has 1 aromatic carbocycles. The number of amides is 1. The van der Waals surface area contributed by atoms with Gasteiger partial charge in [-0.25, -0.2) is 4.79 Å². The molecule has 3 rings (SSSR count). The zero-order chi connectivity index (χ0) is 19.8. The van der Waals surface area contributed by atoms with E-state index in [1.54, 1.807) is 12.1 Å². The second-order valence-corrected chi connectivity index (χ2v) is 8.12. The van der Waals surface area contributed by atoms with Gasteiger partial charge in [-0.05, 0) is 23.1 Å².